The highest BCUT2D eigenvalue weighted by molar-refractivity contribution is 5.90. The summed E-state index contributed by atoms with van der Waals surface area (Å²) in [7, 11) is 0. The van der Waals surface area contributed by atoms with Crippen molar-refractivity contribution in [2.45, 2.75) is 0 Å². The zero-order valence-electron chi connectivity index (χ0n) is 58.9. The number of pyridine rings is 6. The van der Waals surface area contributed by atoms with Gasteiger partial charge in [0.2, 0.25) is 0 Å². The Kier molecular flexibility index (Phi) is 20.4. The van der Waals surface area contributed by atoms with Gasteiger partial charge < -0.3 is 14.7 Å². The van der Waals surface area contributed by atoms with Crippen LogP contribution in [0.4, 0.5) is 103 Å². The lowest BCUT2D eigenvalue weighted by molar-refractivity contribution is 1.12. The number of hydrogen-bond donors (Lipinski definition) is 0. The van der Waals surface area contributed by atoms with E-state index in [0.29, 0.717) is 0 Å². The zero-order chi connectivity index (χ0) is 72.5. The summed E-state index contributed by atoms with van der Waals surface area (Å²) >= 11 is 0. The van der Waals surface area contributed by atoms with Crippen molar-refractivity contribution in [3.05, 3.63) is 438 Å². The predicted octanol–water partition coefficient (Wildman–Crippen LogP) is 25.6. The van der Waals surface area contributed by atoms with Crippen molar-refractivity contribution in [1.29, 1.82) is 0 Å². The standard InChI is InChI=1S/C54H39N9.C42H33N3/c1-7-31-55-49(13-1)61(50-14-2-8-32-56-50)46-25-19-40(20-26-46)43-37-44(41-21-27-47(28-22-41)62(51-15-3-9-33-57-51)52-16-4-10-34-58-52)39-45(38-43)42-23-29-48(30-24-42)63(53-17-5-11-35-59-53)54-18-6-12-36-60-54;1-7-19-34(20-8-1)43(35-21-9-2-10-22-35)40-31-41(44(36-23-11-3-12-24-36)37-25-13-4-14-26-37)33-42(32-40)45(38-27-15-5-16-28-38)39-29-17-6-18-30-39/h1-39H;1-33H. The van der Waals surface area contributed by atoms with Crippen LogP contribution in [-0.4, -0.2) is 29.9 Å². The van der Waals surface area contributed by atoms with Crippen molar-refractivity contribution in [3.8, 4) is 33.4 Å². The van der Waals surface area contributed by atoms with Gasteiger partial charge in [-0.3, -0.25) is 14.7 Å². The first-order chi connectivity index (χ1) is 53.6. The summed E-state index contributed by atoms with van der Waals surface area (Å²) in [5, 5.41) is 0. The third kappa shape index (κ3) is 15.4. The third-order valence-electron chi connectivity index (χ3n) is 18.3. The van der Waals surface area contributed by atoms with E-state index in [-0.39, 0.29) is 0 Å². The van der Waals surface area contributed by atoms with Crippen LogP contribution >= 0.6 is 0 Å². The van der Waals surface area contributed by atoms with E-state index in [0.717, 1.165) is 137 Å². The first-order valence-corrected chi connectivity index (χ1v) is 35.8. The normalized spacial score (nSPS) is 10.8. The van der Waals surface area contributed by atoms with Crippen LogP contribution in [0.5, 0.6) is 0 Å². The van der Waals surface area contributed by atoms with E-state index in [9.17, 15) is 0 Å². The molecule has 6 aromatic heterocycles. The van der Waals surface area contributed by atoms with Gasteiger partial charge in [-0.15, -0.1) is 0 Å². The Bertz CT molecular complexity index is 4820. The van der Waals surface area contributed by atoms with Gasteiger partial charge in [-0.05, 0) is 252 Å². The van der Waals surface area contributed by atoms with E-state index in [1.807, 2.05) is 109 Å². The molecule has 0 saturated carbocycles. The summed E-state index contributed by atoms with van der Waals surface area (Å²) in [5.41, 5.74) is 19.0. The zero-order valence-corrected chi connectivity index (χ0v) is 58.9. The molecule has 0 radical (unpaired) electrons. The quantitative estimate of drug-likeness (QED) is 0.0685. The van der Waals surface area contributed by atoms with Gasteiger partial charge in [-0.25, -0.2) is 29.9 Å². The smallest absolute Gasteiger partial charge is 0.138 e. The van der Waals surface area contributed by atoms with Gasteiger partial charge >= 0.3 is 0 Å². The number of para-hydroxylation sites is 6. The number of anilines is 18. The molecular formula is C96H72N12. The van der Waals surface area contributed by atoms with Crippen molar-refractivity contribution in [3.63, 3.8) is 0 Å². The average molecular weight is 1390 g/mol. The lowest BCUT2D eigenvalue weighted by Gasteiger charge is -2.33. The van der Waals surface area contributed by atoms with E-state index in [4.69, 9.17) is 0 Å². The molecule has 0 saturated heterocycles. The van der Waals surface area contributed by atoms with Gasteiger partial charge in [0.05, 0.1) is 17.1 Å². The molecule has 0 unspecified atom stereocenters. The molecule has 0 atom stereocenters. The number of benzene rings is 11. The SMILES string of the molecule is c1ccc(N(c2ccc(-c3cc(-c4ccc(N(c5ccccn5)c5ccccn5)cc4)cc(-c4ccc(N(c5ccccn5)c5ccccn5)cc4)c3)cc2)c2ccccn2)nc1.c1ccc(N(c2ccccc2)c2cc(N(c3ccccc3)c3ccccc3)cc(N(c3ccccc3)c3ccccc3)c2)cc1. The molecule has 0 aliphatic heterocycles. The van der Waals surface area contributed by atoms with Crippen molar-refractivity contribution in [2.24, 2.45) is 0 Å². The molecule has 0 aliphatic carbocycles. The van der Waals surface area contributed by atoms with Crippen LogP contribution in [0.2, 0.25) is 0 Å². The van der Waals surface area contributed by atoms with Crippen LogP contribution in [-0.2, 0) is 0 Å². The van der Waals surface area contributed by atoms with Gasteiger partial charge in [-0.2, -0.15) is 0 Å². The molecular weight excluding hydrogens is 1320 g/mol. The van der Waals surface area contributed by atoms with E-state index in [1.165, 1.54) is 0 Å². The minimum Gasteiger partial charge on any atom is -0.310 e. The first kappa shape index (κ1) is 67.6. The maximum absolute atomic E-state index is 4.67. The van der Waals surface area contributed by atoms with E-state index >= 15 is 0 Å². The fourth-order valence-electron chi connectivity index (χ4n) is 13.4. The van der Waals surface area contributed by atoms with E-state index in [1.54, 1.807) is 37.2 Å². The van der Waals surface area contributed by atoms with Crippen LogP contribution in [0, 0.1) is 0 Å². The lowest BCUT2D eigenvalue weighted by Crippen LogP contribution is -2.16. The molecule has 17 rings (SSSR count). The average Bonchev–Trinajstić information content (AvgIpc) is 0.766. The van der Waals surface area contributed by atoms with Crippen LogP contribution in [0.3, 0.4) is 0 Å². The summed E-state index contributed by atoms with van der Waals surface area (Å²) < 4.78 is 0. The topological polar surface area (TPSA) is 96.8 Å². The molecule has 6 heterocycles. The molecule has 0 spiro atoms. The van der Waals surface area contributed by atoms with E-state index < -0.39 is 0 Å². The molecule has 11 aromatic carbocycles. The van der Waals surface area contributed by atoms with Crippen molar-refractivity contribution in [1.82, 2.24) is 29.9 Å². The maximum atomic E-state index is 4.67. The second-order valence-electron chi connectivity index (χ2n) is 25.3. The Balaban J connectivity index is 0.000000174. The molecule has 0 amide bonds. The number of rotatable bonds is 21. The summed E-state index contributed by atoms with van der Waals surface area (Å²) in [6.45, 7) is 0. The van der Waals surface area contributed by atoms with Crippen molar-refractivity contribution < 1.29 is 0 Å². The minimum atomic E-state index is 0.787. The Morgan fingerprint density at radius 3 is 0.454 bits per heavy atom. The molecule has 0 aliphatic rings. The predicted molar refractivity (Wildman–Crippen MR) is 444 cm³/mol. The highest BCUT2D eigenvalue weighted by atomic mass is 15.3. The van der Waals surface area contributed by atoms with Crippen molar-refractivity contribution in [2.75, 3.05) is 29.4 Å². The van der Waals surface area contributed by atoms with Crippen LogP contribution < -0.4 is 29.4 Å². The molecule has 516 valence electrons. The largest absolute Gasteiger partial charge is 0.310 e. The van der Waals surface area contributed by atoms with Gasteiger partial charge in [0.1, 0.15) is 34.9 Å². The van der Waals surface area contributed by atoms with Crippen LogP contribution in [0.15, 0.2) is 438 Å². The second-order valence-corrected chi connectivity index (χ2v) is 25.3. The lowest BCUT2D eigenvalue weighted by atomic mass is 9.93. The molecule has 12 nitrogen and oxygen atoms in total. The Morgan fingerprint density at radius 1 is 0.120 bits per heavy atom. The summed E-state index contributed by atoms with van der Waals surface area (Å²) in [4.78, 5) is 41.2. The van der Waals surface area contributed by atoms with E-state index in [2.05, 4.69) is 350 Å². The van der Waals surface area contributed by atoms with Gasteiger partial charge in [0.15, 0.2) is 0 Å². The monoisotopic (exact) mass is 1390 g/mol. The second kappa shape index (κ2) is 32.6. The minimum absolute atomic E-state index is 0.787. The fraction of sp³-hybridized carbons (Fsp3) is 0. The van der Waals surface area contributed by atoms with Gasteiger partial charge in [0.25, 0.3) is 0 Å². The van der Waals surface area contributed by atoms with Crippen molar-refractivity contribution >= 4 is 103 Å². The molecule has 0 bridgehead atoms. The highest BCUT2D eigenvalue weighted by Gasteiger charge is 2.24. The Labute approximate surface area is 629 Å². The number of nitrogens with zero attached hydrogens (tertiary/aromatic N) is 12. The highest BCUT2D eigenvalue weighted by Crippen LogP contribution is 2.47. The maximum Gasteiger partial charge on any atom is 0.138 e. The molecule has 17 aromatic rings. The van der Waals surface area contributed by atoms with Crippen LogP contribution in [0.1, 0.15) is 0 Å². The van der Waals surface area contributed by atoms with Crippen LogP contribution in [0.25, 0.3) is 33.4 Å². The summed E-state index contributed by atoms with van der Waals surface area (Å²) in [6.07, 6.45) is 10.8. The summed E-state index contributed by atoms with van der Waals surface area (Å²) in [5.74, 6) is 4.72. The summed E-state index contributed by atoms with van der Waals surface area (Å²) in [6, 6.07) is 138. The Morgan fingerprint density at radius 2 is 0.287 bits per heavy atom. The first-order valence-electron chi connectivity index (χ1n) is 35.8. The number of aromatic nitrogens is 6. The fourth-order valence-corrected chi connectivity index (χ4v) is 13.4. The third-order valence-corrected chi connectivity index (χ3v) is 18.3. The molecule has 108 heavy (non-hydrogen) atoms. The molecule has 0 N–H and O–H groups in total. The molecule has 12 heteroatoms. The van der Waals surface area contributed by atoms with Gasteiger partial charge in [-0.1, -0.05) is 182 Å². The van der Waals surface area contributed by atoms with Gasteiger partial charge in [0, 0.05) is 88.4 Å². The molecule has 0 fully saturated rings. The Hall–Kier alpha value is -14.9. The number of hydrogen-bond acceptors (Lipinski definition) is 12.